The first-order valence-electron chi connectivity index (χ1n) is 3.84. The molecule has 1 atom stereocenters. The lowest BCUT2D eigenvalue weighted by Gasteiger charge is -2.21. The van der Waals surface area contributed by atoms with E-state index in [1.807, 2.05) is 0 Å². The second kappa shape index (κ2) is 4.42. The number of ether oxygens (including phenoxy) is 1. The van der Waals surface area contributed by atoms with Gasteiger partial charge in [0.2, 0.25) is 0 Å². The number of carbonyl (C=O) groups excluding carboxylic acids is 1. The third kappa shape index (κ3) is 4.31. The molecule has 0 aromatic carbocycles. The Balaban J connectivity index is 3.76. The molecule has 0 rings (SSSR count). The lowest BCUT2D eigenvalue weighted by molar-refractivity contribution is -0.156. The zero-order chi connectivity index (χ0) is 9.78. The number of esters is 1. The highest BCUT2D eigenvalue weighted by Gasteiger charge is 2.20. The molecule has 0 aromatic rings. The third-order valence-electron chi connectivity index (χ3n) is 1.37. The number of hydrogen-bond acceptors (Lipinski definition) is 4. The molecule has 0 aliphatic carbocycles. The standard InChI is InChI=1S/C8H16O4/c1-6(10)7(11)12-5-8(2,3)4-9/h6,9-10H,4-5H2,1-3H3. The Labute approximate surface area is 72.2 Å². The van der Waals surface area contributed by atoms with Crippen LogP contribution < -0.4 is 0 Å². The highest BCUT2D eigenvalue weighted by atomic mass is 16.5. The Morgan fingerprint density at radius 3 is 2.42 bits per heavy atom. The molecule has 4 heteroatoms. The Kier molecular flexibility index (Phi) is 4.20. The molecule has 0 aromatic heterocycles. The van der Waals surface area contributed by atoms with Gasteiger partial charge in [0.1, 0.15) is 6.10 Å². The maximum absolute atomic E-state index is 10.8. The molecule has 0 radical (unpaired) electrons. The van der Waals surface area contributed by atoms with Crippen molar-refractivity contribution < 1.29 is 19.7 Å². The topological polar surface area (TPSA) is 66.8 Å². The summed E-state index contributed by atoms with van der Waals surface area (Å²) in [7, 11) is 0. The Bertz CT molecular complexity index is 151. The second-order valence-electron chi connectivity index (χ2n) is 3.61. The fourth-order valence-corrected chi connectivity index (χ4v) is 0.433. The minimum Gasteiger partial charge on any atom is -0.463 e. The Morgan fingerprint density at radius 1 is 1.58 bits per heavy atom. The van der Waals surface area contributed by atoms with Crippen molar-refractivity contribution in [1.82, 2.24) is 0 Å². The molecule has 0 fully saturated rings. The molecule has 0 saturated carbocycles. The largest absolute Gasteiger partial charge is 0.463 e. The van der Waals surface area contributed by atoms with Crippen LogP contribution in [0.15, 0.2) is 0 Å². The normalized spacial score (nSPS) is 14.1. The molecule has 1 unspecified atom stereocenters. The summed E-state index contributed by atoms with van der Waals surface area (Å²) in [6.45, 7) is 4.94. The fourth-order valence-electron chi connectivity index (χ4n) is 0.433. The summed E-state index contributed by atoms with van der Waals surface area (Å²) in [6, 6.07) is 0. The quantitative estimate of drug-likeness (QED) is 0.588. The summed E-state index contributed by atoms with van der Waals surface area (Å²) in [5, 5.41) is 17.5. The highest BCUT2D eigenvalue weighted by Crippen LogP contribution is 2.13. The van der Waals surface area contributed by atoms with Crippen molar-refractivity contribution in [3.05, 3.63) is 0 Å². The maximum atomic E-state index is 10.8. The molecule has 12 heavy (non-hydrogen) atoms. The van der Waals surface area contributed by atoms with Gasteiger partial charge in [0.15, 0.2) is 0 Å². The van der Waals surface area contributed by atoms with Gasteiger partial charge in [0, 0.05) is 5.41 Å². The van der Waals surface area contributed by atoms with E-state index in [0.29, 0.717) is 0 Å². The molecule has 0 saturated heterocycles. The van der Waals surface area contributed by atoms with Crippen LogP contribution in [0.2, 0.25) is 0 Å². The van der Waals surface area contributed by atoms with Gasteiger partial charge in [-0.25, -0.2) is 4.79 Å². The monoisotopic (exact) mass is 176 g/mol. The minimum absolute atomic E-state index is 0.0555. The van der Waals surface area contributed by atoms with E-state index in [4.69, 9.17) is 14.9 Å². The smallest absolute Gasteiger partial charge is 0.334 e. The zero-order valence-corrected chi connectivity index (χ0v) is 7.70. The molecule has 0 bridgehead atoms. The van der Waals surface area contributed by atoms with Gasteiger partial charge in [-0.2, -0.15) is 0 Å². The van der Waals surface area contributed by atoms with Crippen molar-refractivity contribution >= 4 is 5.97 Å². The predicted molar refractivity (Wildman–Crippen MR) is 43.5 cm³/mol. The third-order valence-corrected chi connectivity index (χ3v) is 1.37. The average Bonchev–Trinajstić information content (AvgIpc) is 2.00. The van der Waals surface area contributed by atoms with Gasteiger partial charge < -0.3 is 14.9 Å². The summed E-state index contributed by atoms with van der Waals surface area (Å²) in [5.41, 5.74) is -0.440. The van der Waals surface area contributed by atoms with Gasteiger partial charge >= 0.3 is 5.97 Å². The van der Waals surface area contributed by atoms with E-state index in [2.05, 4.69) is 0 Å². The molecule has 0 heterocycles. The highest BCUT2D eigenvalue weighted by molar-refractivity contribution is 5.73. The Hall–Kier alpha value is -0.610. The van der Waals surface area contributed by atoms with Crippen molar-refractivity contribution in [2.24, 2.45) is 5.41 Å². The number of aliphatic hydroxyl groups excluding tert-OH is 2. The molecular weight excluding hydrogens is 160 g/mol. The summed E-state index contributed by atoms with van der Waals surface area (Å²) < 4.78 is 4.71. The van der Waals surface area contributed by atoms with Crippen molar-refractivity contribution in [3.8, 4) is 0 Å². The van der Waals surface area contributed by atoms with Gasteiger partial charge in [-0.15, -0.1) is 0 Å². The van der Waals surface area contributed by atoms with Crippen LogP contribution in [0.5, 0.6) is 0 Å². The van der Waals surface area contributed by atoms with E-state index in [0.717, 1.165) is 0 Å². The van der Waals surface area contributed by atoms with Gasteiger partial charge in [-0.1, -0.05) is 13.8 Å². The van der Waals surface area contributed by atoms with Crippen molar-refractivity contribution in [3.63, 3.8) is 0 Å². The van der Waals surface area contributed by atoms with Gasteiger partial charge in [0.05, 0.1) is 13.2 Å². The Morgan fingerprint density at radius 2 is 2.08 bits per heavy atom. The van der Waals surface area contributed by atoms with E-state index in [1.54, 1.807) is 13.8 Å². The molecule has 0 aliphatic rings. The minimum atomic E-state index is -1.10. The van der Waals surface area contributed by atoms with Crippen LogP contribution in [0, 0.1) is 5.41 Å². The number of carbonyl (C=O) groups is 1. The van der Waals surface area contributed by atoms with Crippen LogP contribution in [0.25, 0.3) is 0 Å². The van der Waals surface area contributed by atoms with E-state index in [-0.39, 0.29) is 13.2 Å². The lowest BCUT2D eigenvalue weighted by Crippen LogP contribution is -2.29. The van der Waals surface area contributed by atoms with E-state index >= 15 is 0 Å². The summed E-state index contributed by atoms with van der Waals surface area (Å²) in [5.74, 6) is -0.656. The molecule has 2 N–H and O–H groups in total. The lowest BCUT2D eigenvalue weighted by atomic mass is 9.97. The first-order valence-corrected chi connectivity index (χ1v) is 3.84. The molecule has 0 amide bonds. The van der Waals surface area contributed by atoms with Crippen LogP contribution in [0.4, 0.5) is 0 Å². The maximum Gasteiger partial charge on any atom is 0.334 e. The summed E-state index contributed by atoms with van der Waals surface area (Å²) in [4.78, 5) is 10.8. The molecule has 4 nitrogen and oxygen atoms in total. The van der Waals surface area contributed by atoms with Crippen molar-refractivity contribution in [2.75, 3.05) is 13.2 Å². The average molecular weight is 176 g/mol. The van der Waals surface area contributed by atoms with Gasteiger partial charge in [0.25, 0.3) is 0 Å². The molecule has 0 spiro atoms. The predicted octanol–water partition coefficient (Wildman–Crippen LogP) is -0.0711. The van der Waals surface area contributed by atoms with Crippen LogP contribution in [0.1, 0.15) is 20.8 Å². The second-order valence-corrected chi connectivity index (χ2v) is 3.61. The van der Waals surface area contributed by atoms with E-state index in [9.17, 15) is 4.79 Å². The van der Waals surface area contributed by atoms with Crippen LogP contribution in [0.3, 0.4) is 0 Å². The zero-order valence-electron chi connectivity index (χ0n) is 7.70. The fraction of sp³-hybridized carbons (Fsp3) is 0.875. The molecular formula is C8H16O4. The van der Waals surface area contributed by atoms with Crippen molar-refractivity contribution in [2.45, 2.75) is 26.9 Å². The van der Waals surface area contributed by atoms with Gasteiger partial charge in [-0.3, -0.25) is 0 Å². The first-order chi connectivity index (χ1) is 5.39. The summed E-state index contributed by atoms with van der Waals surface area (Å²) in [6.07, 6.45) is -1.10. The van der Waals surface area contributed by atoms with Crippen LogP contribution in [-0.4, -0.2) is 35.5 Å². The van der Waals surface area contributed by atoms with Crippen LogP contribution in [-0.2, 0) is 9.53 Å². The number of rotatable bonds is 4. The van der Waals surface area contributed by atoms with E-state index in [1.165, 1.54) is 6.92 Å². The first kappa shape index (κ1) is 11.4. The van der Waals surface area contributed by atoms with Crippen LogP contribution >= 0.6 is 0 Å². The number of aliphatic hydroxyl groups is 2. The molecule has 0 aliphatic heterocycles. The van der Waals surface area contributed by atoms with Crippen molar-refractivity contribution in [1.29, 1.82) is 0 Å². The van der Waals surface area contributed by atoms with E-state index < -0.39 is 17.5 Å². The SMILES string of the molecule is CC(O)C(=O)OCC(C)(C)CO. The number of hydrogen-bond donors (Lipinski definition) is 2. The summed E-state index contributed by atoms with van der Waals surface area (Å²) >= 11 is 0. The molecule has 72 valence electrons. The van der Waals surface area contributed by atoms with Gasteiger partial charge in [-0.05, 0) is 6.92 Å².